The van der Waals surface area contributed by atoms with Crippen LogP contribution >= 0.6 is 0 Å². The maximum atomic E-state index is 14.2. The van der Waals surface area contributed by atoms with E-state index in [1.165, 1.54) is 11.9 Å². The molecule has 0 spiro atoms. The lowest BCUT2D eigenvalue weighted by Gasteiger charge is -2.38. The number of terminal acetylenes is 1. The number of urea groups is 1. The van der Waals surface area contributed by atoms with Crippen LogP contribution in [0.3, 0.4) is 0 Å². The normalized spacial score (nSPS) is 16.0. The number of amides is 3. The van der Waals surface area contributed by atoms with Crippen molar-refractivity contribution in [3.63, 3.8) is 0 Å². The zero-order chi connectivity index (χ0) is 31.1. The molecule has 12 heteroatoms. The first kappa shape index (κ1) is 33.0. The number of hydrogen-bond acceptors (Lipinski definition) is 6. The van der Waals surface area contributed by atoms with E-state index in [1.807, 2.05) is 6.92 Å². The number of sulfone groups is 1. The topological polar surface area (TPSA) is 142 Å². The van der Waals surface area contributed by atoms with Crippen LogP contribution in [0.4, 0.5) is 13.6 Å². The number of rotatable bonds is 14. The van der Waals surface area contributed by atoms with Crippen LogP contribution in [0.2, 0.25) is 0 Å². The zero-order valence-electron chi connectivity index (χ0n) is 23.8. The quantitative estimate of drug-likeness (QED) is 0.244. The highest BCUT2D eigenvalue weighted by molar-refractivity contribution is 7.91. The molecule has 1 fully saturated rings. The summed E-state index contributed by atoms with van der Waals surface area (Å²) in [6, 6.07) is 6.70. The number of nitrogens with one attached hydrogen (secondary N) is 2. The summed E-state index contributed by atoms with van der Waals surface area (Å²) < 4.78 is 53.3. The van der Waals surface area contributed by atoms with E-state index in [9.17, 15) is 31.9 Å². The summed E-state index contributed by atoms with van der Waals surface area (Å²) in [6.07, 6.45) is 6.12. The molecule has 0 radical (unpaired) electrons. The van der Waals surface area contributed by atoms with Crippen LogP contribution in [0.15, 0.2) is 42.5 Å². The second-order valence-electron chi connectivity index (χ2n) is 10.7. The summed E-state index contributed by atoms with van der Waals surface area (Å²) in [5, 5.41) is 16.0. The van der Waals surface area contributed by atoms with Gasteiger partial charge in [-0.05, 0) is 61.1 Å². The number of benzene rings is 2. The minimum absolute atomic E-state index is 0.0945. The van der Waals surface area contributed by atoms with E-state index in [2.05, 4.69) is 16.6 Å². The number of aliphatic hydroxyl groups is 1. The fourth-order valence-electron chi connectivity index (χ4n) is 4.96. The molecule has 3 rings (SSSR count). The van der Waals surface area contributed by atoms with Crippen LogP contribution in [0.25, 0.3) is 0 Å². The number of carbonyl (C=O) groups is 2. The molecule has 1 aliphatic carbocycles. The van der Waals surface area contributed by atoms with Gasteiger partial charge < -0.3 is 26.4 Å². The van der Waals surface area contributed by atoms with Crippen molar-refractivity contribution < 1.29 is 31.9 Å². The third-order valence-electron chi connectivity index (χ3n) is 7.39. The van der Waals surface area contributed by atoms with Gasteiger partial charge in [-0.25, -0.2) is 22.0 Å². The molecule has 2 aromatic rings. The highest BCUT2D eigenvalue weighted by Crippen LogP contribution is 2.51. The molecule has 0 aromatic heterocycles. The number of aliphatic hydroxyl groups excluding tert-OH is 1. The predicted molar refractivity (Wildman–Crippen MR) is 156 cm³/mol. The SMILES string of the molecule is C#Cc1cccc(C2(N(C[C@@H](O)[C@@H](N)Cc3cc(F)cc(F)c3)C(=O)[C@@H](CS(=O)(=O)CCCC)NC(=O)NC)CC2)c1. The number of nitrogens with zero attached hydrogens (tertiary/aromatic N) is 1. The molecular formula is C30H38F2N4O5S. The first-order chi connectivity index (χ1) is 19.8. The molecule has 3 atom stereocenters. The van der Waals surface area contributed by atoms with Crippen molar-refractivity contribution in [2.24, 2.45) is 5.73 Å². The largest absolute Gasteiger partial charge is 0.390 e. The Bertz CT molecular complexity index is 1400. The van der Waals surface area contributed by atoms with Gasteiger partial charge in [0.15, 0.2) is 9.84 Å². The summed E-state index contributed by atoms with van der Waals surface area (Å²) in [4.78, 5) is 27.9. The average molecular weight is 605 g/mol. The van der Waals surface area contributed by atoms with E-state index in [0.717, 1.165) is 18.2 Å². The molecule has 228 valence electrons. The minimum atomic E-state index is -3.74. The lowest BCUT2D eigenvalue weighted by atomic mass is 9.97. The van der Waals surface area contributed by atoms with E-state index >= 15 is 0 Å². The predicted octanol–water partition coefficient (Wildman–Crippen LogP) is 2.21. The first-order valence-electron chi connectivity index (χ1n) is 13.8. The van der Waals surface area contributed by atoms with Crippen molar-refractivity contribution in [3.05, 3.63) is 70.8 Å². The van der Waals surface area contributed by atoms with Crippen molar-refractivity contribution in [1.82, 2.24) is 15.5 Å². The van der Waals surface area contributed by atoms with Crippen molar-refractivity contribution in [3.8, 4) is 12.3 Å². The monoisotopic (exact) mass is 604 g/mol. The Morgan fingerprint density at radius 1 is 1.19 bits per heavy atom. The molecule has 0 saturated heterocycles. The summed E-state index contributed by atoms with van der Waals surface area (Å²) in [5.74, 6) is -0.534. The molecular weight excluding hydrogens is 566 g/mol. The smallest absolute Gasteiger partial charge is 0.315 e. The molecule has 0 aliphatic heterocycles. The Balaban J connectivity index is 1.98. The van der Waals surface area contributed by atoms with E-state index in [4.69, 9.17) is 12.2 Å². The van der Waals surface area contributed by atoms with E-state index in [0.29, 0.717) is 36.8 Å². The highest BCUT2D eigenvalue weighted by atomic mass is 32.2. The van der Waals surface area contributed by atoms with Gasteiger partial charge in [0.1, 0.15) is 17.7 Å². The zero-order valence-corrected chi connectivity index (χ0v) is 24.6. The van der Waals surface area contributed by atoms with Gasteiger partial charge in [0.2, 0.25) is 5.91 Å². The third kappa shape index (κ3) is 8.50. The Morgan fingerprint density at radius 3 is 2.43 bits per heavy atom. The maximum Gasteiger partial charge on any atom is 0.315 e. The standard InChI is InChI=1S/C30H38F2N4O5S/c1-4-6-12-42(40,41)19-26(35-29(39)34-3)28(38)36(30(10-11-30)22-9-7-8-20(5-2)13-22)18-27(37)25(33)16-21-14-23(31)17-24(32)15-21/h2,7-9,13-15,17,25-27,37H,4,6,10-12,16,18-19,33H2,1,3H3,(H2,34,35,39)/t25-,26+,27+/m0/s1. The minimum Gasteiger partial charge on any atom is -0.390 e. The summed E-state index contributed by atoms with van der Waals surface area (Å²) in [7, 11) is -2.40. The third-order valence-corrected chi connectivity index (χ3v) is 9.14. The maximum absolute atomic E-state index is 14.2. The Kier molecular flexibility index (Phi) is 11.1. The van der Waals surface area contributed by atoms with E-state index in [-0.39, 0.29) is 24.3 Å². The molecule has 1 saturated carbocycles. The second kappa shape index (κ2) is 14.1. The average Bonchev–Trinajstić information content (AvgIpc) is 3.75. The van der Waals surface area contributed by atoms with Crippen molar-refractivity contribution in [2.75, 3.05) is 25.1 Å². The fraction of sp³-hybridized carbons (Fsp3) is 0.467. The Morgan fingerprint density at radius 2 is 1.86 bits per heavy atom. The number of hydrogen-bond donors (Lipinski definition) is 4. The van der Waals surface area contributed by atoms with Crippen LogP contribution in [0.1, 0.15) is 49.3 Å². The summed E-state index contributed by atoms with van der Waals surface area (Å²) in [5.41, 5.74) is 6.78. The van der Waals surface area contributed by atoms with Crippen LogP contribution in [-0.4, -0.2) is 73.6 Å². The molecule has 5 N–H and O–H groups in total. The molecule has 3 amide bonds. The number of nitrogens with two attached hydrogens (primary N) is 1. The van der Waals surface area contributed by atoms with Gasteiger partial charge >= 0.3 is 6.03 Å². The van der Waals surface area contributed by atoms with Gasteiger partial charge in [-0.1, -0.05) is 31.4 Å². The second-order valence-corrected chi connectivity index (χ2v) is 12.9. The van der Waals surface area contributed by atoms with Crippen molar-refractivity contribution in [1.29, 1.82) is 0 Å². The first-order valence-corrected chi connectivity index (χ1v) is 15.6. The summed E-state index contributed by atoms with van der Waals surface area (Å²) in [6.45, 7) is 1.51. The van der Waals surface area contributed by atoms with Gasteiger partial charge in [0.25, 0.3) is 0 Å². The van der Waals surface area contributed by atoms with E-state index < -0.39 is 62.9 Å². The molecule has 9 nitrogen and oxygen atoms in total. The molecule has 2 aromatic carbocycles. The van der Waals surface area contributed by atoms with Crippen molar-refractivity contribution in [2.45, 2.75) is 62.8 Å². The van der Waals surface area contributed by atoms with E-state index in [1.54, 1.807) is 24.3 Å². The van der Waals surface area contributed by atoms with Gasteiger partial charge in [-0.15, -0.1) is 6.42 Å². The highest BCUT2D eigenvalue weighted by Gasteiger charge is 2.53. The van der Waals surface area contributed by atoms with Crippen LogP contribution < -0.4 is 16.4 Å². The lowest BCUT2D eigenvalue weighted by molar-refractivity contribution is -0.138. The van der Waals surface area contributed by atoms with Gasteiger partial charge in [0, 0.05) is 31.3 Å². The van der Waals surface area contributed by atoms with Crippen molar-refractivity contribution >= 4 is 21.8 Å². The Labute approximate surface area is 245 Å². The fourth-order valence-corrected chi connectivity index (χ4v) is 6.59. The molecule has 1 aliphatic rings. The van der Waals surface area contributed by atoms with Gasteiger partial charge in [0.05, 0.1) is 23.1 Å². The van der Waals surface area contributed by atoms with Gasteiger partial charge in [-0.2, -0.15) is 0 Å². The van der Waals surface area contributed by atoms with Crippen LogP contribution in [-0.2, 0) is 26.6 Å². The van der Waals surface area contributed by atoms with Crippen LogP contribution in [0.5, 0.6) is 0 Å². The molecule has 42 heavy (non-hydrogen) atoms. The number of halogens is 2. The molecule has 0 heterocycles. The molecule has 0 unspecified atom stereocenters. The Hall–Kier alpha value is -3.53. The number of unbranched alkanes of at least 4 members (excludes halogenated alkanes) is 1. The summed E-state index contributed by atoms with van der Waals surface area (Å²) >= 11 is 0. The van der Waals surface area contributed by atoms with Gasteiger partial charge in [-0.3, -0.25) is 4.79 Å². The van der Waals surface area contributed by atoms with Crippen LogP contribution in [0, 0.1) is 24.0 Å². The molecule has 0 bridgehead atoms. The number of carbonyl (C=O) groups excluding carboxylic acids is 2. The lowest BCUT2D eigenvalue weighted by Crippen LogP contribution is -2.58.